The molecule has 0 amide bonds. The molecular formula is C12H15ClN4O3S. The Balaban J connectivity index is 2.17. The summed E-state index contributed by atoms with van der Waals surface area (Å²) in [5.74, 6) is 0.249. The van der Waals surface area contributed by atoms with Gasteiger partial charge in [0.2, 0.25) is 16.4 Å². The van der Waals surface area contributed by atoms with E-state index in [0.717, 1.165) is 18.5 Å². The molecule has 0 saturated carbocycles. The second kappa shape index (κ2) is 6.99. The third-order valence-corrected chi connectivity index (χ3v) is 4.57. The Morgan fingerprint density at radius 1 is 1.33 bits per heavy atom. The van der Waals surface area contributed by atoms with E-state index in [9.17, 15) is 8.42 Å². The first-order chi connectivity index (χ1) is 10.0. The van der Waals surface area contributed by atoms with Gasteiger partial charge < -0.3 is 9.84 Å². The molecule has 7 nitrogen and oxygen atoms in total. The van der Waals surface area contributed by atoms with Crippen LogP contribution in [0.3, 0.4) is 0 Å². The zero-order valence-corrected chi connectivity index (χ0v) is 12.9. The van der Waals surface area contributed by atoms with E-state index in [0.29, 0.717) is 6.54 Å². The van der Waals surface area contributed by atoms with Crippen LogP contribution in [-0.2, 0) is 23.1 Å². The van der Waals surface area contributed by atoms with Crippen LogP contribution in [0.15, 0.2) is 34.0 Å². The summed E-state index contributed by atoms with van der Waals surface area (Å²) in [5, 5.41) is 6.83. The van der Waals surface area contributed by atoms with Crippen LogP contribution in [0, 0.1) is 0 Å². The molecule has 2 N–H and O–H groups in total. The molecule has 0 fully saturated rings. The average molecular weight is 331 g/mol. The fraction of sp³-hybridized carbons (Fsp3) is 0.333. The summed E-state index contributed by atoms with van der Waals surface area (Å²) in [6, 6.07) is 4.89. The molecule has 0 aliphatic carbocycles. The number of sulfonamides is 1. The lowest BCUT2D eigenvalue weighted by Gasteiger charge is -2.09. The van der Waals surface area contributed by atoms with Gasteiger partial charge in [0.05, 0.1) is 11.6 Å². The molecule has 2 rings (SSSR count). The van der Waals surface area contributed by atoms with Crippen molar-refractivity contribution in [2.24, 2.45) is 0 Å². The van der Waals surface area contributed by atoms with Crippen LogP contribution in [0.2, 0.25) is 5.02 Å². The minimum Gasteiger partial charge on any atom is -0.343 e. The van der Waals surface area contributed by atoms with Gasteiger partial charge in [-0.2, -0.15) is 4.98 Å². The maximum Gasteiger partial charge on any atom is 0.242 e. The maximum atomic E-state index is 12.3. The number of rotatable bonds is 7. The summed E-state index contributed by atoms with van der Waals surface area (Å²) < 4.78 is 31.5. The predicted molar refractivity (Wildman–Crippen MR) is 77.2 cm³/mol. The number of hydrogen-bond acceptors (Lipinski definition) is 6. The van der Waals surface area contributed by atoms with Gasteiger partial charge in [0.15, 0.2) is 5.82 Å². The molecule has 0 unspecified atom stereocenters. The lowest BCUT2D eigenvalue weighted by molar-refractivity contribution is 0.409. The van der Waals surface area contributed by atoms with Gasteiger partial charge in [0.1, 0.15) is 4.90 Å². The topological polar surface area (TPSA) is 97.1 Å². The van der Waals surface area contributed by atoms with E-state index in [1.54, 1.807) is 18.2 Å². The molecule has 0 radical (unpaired) electrons. The molecule has 1 aromatic carbocycles. The Morgan fingerprint density at radius 3 is 2.81 bits per heavy atom. The molecule has 9 heteroatoms. The molecular weight excluding hydrogens is 316 g/mol. The third kappa shape index (κ3) is 4.24. The van der Waals surface area contributed by atoms with Crippen LogP contribution in [0.5, 0.6) is 0 Å². The fourth-order valence-corrected chi connectivity index (χ4v) is 3.17. The lowest BCUT2D eigenvalue weighted by Crippen LogP contribution is -2.24. The van der Waals surface area contributed by atoms with E-state index in [1.165, 1.54) is 0 Å². The van der Waals surface area contributed by atoms with Crippen molar-refractivity contribution in [2.45, 2.75) is 24.9 Å². The quantitative estimate of drug-likeness (QED) is 0.794. The normalized spacial score (nSPS) is 11.7. The summed E-state index contributed by atoms with van der Waals surface area (Å²) in [5.41, 5.74) is 0.834. The monoisotopic (exact) mass is 330 g/mol. The van der Waals surface area contributed by atoms with Crippen molar-refractivity contribution in [1.29, 1.82) is 0 Å². The molecule has 0 atom stereocenters. The number of nitrogens with zero attached hydrogens (tertiary/aromatic N) is 2. The Bertz CT molecular complexity index is 689. The van der Waals surface area contributed by atoms with E-state index in [1.807, 2.05) is 6.92 Å². The summed E-state index contributed by atoms with van der Waals surface area (Å²) in [4.78, 5) is 3.78. The Kier molecular flexibility index (Phi) is 5.29. The zero-order chi connectivity index (χ0) is 15.3. The van der Waals surface area contributed by atoms with Crippen molar-refractivity contribution in [2.75, 3.05) is 6.54 Å². The van der Waals surface area contributed by atoms with Crippen LogP contribution >= 0.6 is 11.6 Å². The van der Waals surface area contributed by atoms with Gasteiger partial charge in [-0.3, -0.25) is 0 Å². The molecule has 0 saturated heterocycles. The standard InChI is InChI=1S/C12H15ClN4O3S/c1-2-14-6-9-3-4-10(13)11(5-9)21(18,19)16-7-12-15-8-20-17-12/h3-5,8,14,16H,2,6-7H2,1H3. The van der Waals surface area contributed by atoms with Crippen molar-refractivity contribution < 1.29 is 12.9 Å². The van der Waals surface area contributed by atoms with Gasteiger partial charge in [0.25, 0.3) is 0 Å². The van der Waals surface area contributed by atoms with Crippen molar-refractivity contribution >= 4 is 21.6 Å². The highest BCUT2D eigenvalue weighted by atomic mass is 35.5. The number of aromatic nitrogens is 2. The smallest absolute Gasteiger partial charge is 0.242 e. The Hall–Kier alpha value is -1.48. The molecule has 1 heterocycles. The highest BCUT2D eigenvalue weighted by Crippen LogP contribution is 2.22. The van der Waals surface area contributed by atoms with Crippen LogP contribution < -0.4 is 10.0 Å². The van der Waals surface area contributed by atoms with E-state index < -0.39 is 10.0 Å². The summed E-state index contributed by atoms with van der Waals surface area (Å²) >= 11 is 5.99. The van der Waals surface area contributed by atoms with E-state index >= 15 is 0 Å². The van der Waals surface area contributed by atoms with Gasteiger partial charge in [-0.15, -0.1) is 0 Å². The largest absolute Gasteiger partial charge is 0.343 e. The van der Waals surface area contributed by atoms with Gasteiger partial charge in [-0.1, -0.05) is 29.7 Å². The first-order valence-electron chi connectivity index (χ1n) is 6.27. The molecule has 0 aliphatic heterocycles. The third-order valence-electron chi connectivity index (χ3n) is 2.69. The molecule has 1 aromatic heterocycles. The first-order valence-corrected chi connectivity index (χ1v) is 8.13. The molecule has 0 bridgehead atoms. The SMILES string of the molecule is CCNCc1ccc(Cl)c(S(=O)(=O)NCc2ncon2)c1. The van der Waals surface area contributed by atoms with Gasteiger partial charge in [-0.05, 0) is 24.2 Å². The van der Waals surface area contributed by atoms with Crippen molar-refractivity contribution in [3.63, 3.8) is 0 Å². The summed E-state index contributed by atoms with van der Waals surface area (Å²) in [7, 11) is -3.75. The zero-order valence-electron chi connectivity index (χ0n) is 11.3. The number of halogens is 1. The van der Waals surface area contributed by atoms with Crippen LogP contribution in [0.25, 0.3) is 0 Å². The van der Waals surface area contributed by atoms with E-state index in [2.05, 4.69) is 24.7 Å². The molecule has 2 aromatic rings. The highest BCUT2D eigenvalue weighted by molar-refractivity contribution is 7.89. The number of hydrogen-bond donors (Lipinski definition) is 2. The van der Waals surface area contributed by atoms with E-state index in [-0.39, 0.29) is 22.3 Å². The fourth-order valence-electron chi connectivity index (χ4n) is 1.64. The molecule has 0 aliphatic rings. The minimum absolute atomic E-state index is 0.0306. The van der Waals surface area contributed by atoms with Crippen LogP contribution in [-0.4, -0.2) is 25.1 Å². The molecule has 21 heavy (non-hydrogen) atoms. The highest BCUT2D eigenvalue weighted by Gasteiger charge is 2.19. The van der Waals surface area contributed by atoms with Crippen molar-refractivity contribution in [3.8, 4) is 0 Å². The Labute approximate surface area is 127 Å². The molecule has 114 valence electrons. The summed E-state index contributed by atoms with van der Waals surface area (Å²) in [6.45, 7) is 3.27. The number of nitrogens with one attached hydrogen (secondary N) is 2. The van der Waals surface area contributed by atoms with Crippen molar-refractivity contribution in [1.82, 2.24) is 20.2 Å². The number of benzene rings is 1. The first kappa shape index (κ1) is 15.9. The van der Waals surface area contributed by atoms with Gasteiger partial charge in [0, 0.05) is 6.54 Å². The van der Waals surface area contributed by atoms with Crippen molar-refractivity contribution in [3.05, 3.63) is 41.0 Å². The van der Waals surface area contributed by atoms with Crippen LogP contribution in [0.4, 0.5) is 0 Å². The minimum atomic E-state index is -3.75. The molecule has 0 spiro atoms. The van der Waals surface area contributed by atoms with Gasteiger partial charge >= 0.3 is 0 Å². The maximum absolute atomic E-state index is 12.3. The predicted octanol–water partition coefficient (Wildman–Crippen LogP) is 1.31. The van der Waals surface area contributed by atoms with E-state index in [4.69, 9.17) is 11.6 Å². The van der Waals surface area contributed by atoms with Crippen LogP contribution in [0.1, 0.15) is 18.3 Å². The van der Waals surface area contributed by atoms with Gasteiger partial charge in [-0.25, -0.2) is 13.1 Å². The second-order valence-corrected chi connectivity index (χ2v) is 6.36. The Morgan fingerprint density at radius 2 is 2.14 bits per heavy atom. The average Bonchev–Trinajstić information content (AvgIpc) is 2.97. The lowest BCUT2D eigenvalue weighted by atomic mass is 10.2. The summed E-state index contributed by atoms with van der Waals surface area (Å²) in [6.07, 6.45) is 1.13. The second-order valence-electron chi connectivity index (χ2n) is 4.22.